The largest absolute Gasteiger partial charge is 0.333 e. The molecule has 0 atom stereocenters. The minimum atomic E-state index is 0.365. The van der Waals surface area contributed by atoms with Crippen molar-refractivity contribution in [2.75, 3.05) is 0 Å². The highest BCUT2D eigenvalue weighted by Crippen LogP contribution is 2.30. The molecule has 4 rings (SSSR count). The Bertz CT molecular complexity index is 985. The maximum atomic E-state index is 6.08. The van der Waals surface area contributed by atoms with Crippen LogP contribution in [0.1, 0.15) is 0 Å². The van der Waals surface area contributed by atoms with Gasteiger partial charge in [0.05, 0.1) is 11.3 Å². The Morgan fingerprint density at radius 2 is 1.75 bits per heavy atom. The zero-order valence-electron chi connectivity index (χ0n) is 12.4. The molecule has 0 unspecified atom stereocenters. The molecule has 6 heteroatoms. The molecule has 2 heterocycles. The van der Waals surface area contributed by atoms with Crippen molar-refractivity contribution in [2.24, 2.45) is 0 Å². The van der Waals surface area contributed by atoms with Crippen LogP contribution in [0.3, 0.4) is 0 Å². The van der Waals surface area contributed by atoms with E-state index in [0.29, 0.717) is 28.0 Å². The predicted octanol–water partition coefficient (Wildman–Crippen LogP) is 4.51. The summed E-state index contributed by atoms with van der Waals surface area (Å²) in [6.07, 6.45) is 3.14. The van der Waals surface area contributed by atoms with E-state index < -0.39 is 0 Å². The summed E-state index contributed by atoms with van der Waals surface area (Å²) < 4.78 is 5.42. The molecule has 0 aliphatic rings. The molecule has 2 aromatic carbocycles. The predicted molar refractivity (Wildman–Crippen MR) is 91.2 cm³/mol. The second-order valence-corrected chi connectivity index (χ2v) is 5.52. The van der Waals surface area contributed by atoms with Crippen LogP contribution in [0.5, 0.6) is 0 Å². The van der Waals surface area contributed by atoms with Gasteiger partial charge in [-0.3, -0.25) is 0 Å². The molecular weight excluding hydrogens is 324 g/mol. The summed E-state index contributed by atoms with van der Waals surface area (Å²) in [5.74, 6) is 0.885. The van der Waals surface area contributed by atoms with Gasteiger partial charge in [0.25, 0.3) is 5.89 Å². The first-order valence-corrected chi connectivity index (χ1v) is 7.64. The van der Waals surface area contributed by atoms with Gasteiger partial charge in [-0.2, -0.15) is 4.98 Å². The molecule has 0 aliphatic heterocycles. The number of nitrogens with zero attached hydrogens (tertiary/aromatic N) is 4. The third kappa shape index (κ3) is 2.77. The first kappa shape index (κ1) is 14.5. The summed E-state index contributed by atoms with van der Waals surface area (Å²) in [7, 11) is 0. The molecule has 2 aromatic heterocycles. The standard InChI is InChI=1S/C18H11ClN4O/c19-14-8-4-7-13(9-14)16-15(10-20-11-21-16)18-22-17(23-24-18)12-5-2-1-3-6-12/h1-11H. The quantitative estimate of drug-likeness (QED) is 0.551. The first-order chi connectivity index (χ1) is 11.8. The van der Waals surface area contributed by atoms with Crippen molar-refractivity contribution in [1.82, 2.24) is 20.1 Å². The van der Waals surface area contributed by atoms with Crippen LogP contribution in [-0.2, 0) is 0 Å². The minimum Gasteiger partial charge on any atom is -0.333 e. The van der Waals surface area contributed by atoms with Gasteiger partial charge in [-0.15, -0.1) is 0 Å². The molecule has 0 fully saturated rings. The molecule has 0 radical (unpaired) electrons. The summed E-state index contributed by atoms with van der Waals surface area (Å²) in [5.41, 5.74) is 3.10. The van der Waals surface area contributed by atoms with Crippen LogP contribution in [0.15, 0.2) is 71.6 Å². The SMILES string of the molecule is Clc1cccc(-c2ncncc2-c2nc(-c3ccccc3)no2)c1. The second kappa shape index (κ2) is 6.22. The van der Waals surface area contributed by atoms with E-state index in [4.69, 9.17) is 16.1 Å². The maximum absolute atomic E-state index is 6.08. The molecule has 0 spiro atoms. The highest BCUT2D eigenvalue weighted by Gasteiger charge is 2.16. The van der Waals surface area contributed by atoms with Gasteiger partial charge in [-0.1, -0.05) is 59.2 Å². The molecule has 0 saturated carbocycles. The number of halogens is 1. The highest BCUT2D eigenvalue weighted by molar-refractivity contribution is 6.30. The Morgan fingerprint density at radius 3 is 2.58 bits per heavy atom. The third-order valence-electron chi connectivity index (χ3n) is 3.50. The van der Waals surface area contributed by atoms with Crippen LogP contribution in [0.2, 0.25) is 5.02 Å². The Morgan fingerprint density at radius 1 is 0.917 bits per heavy atom. The molecule has 116 valence electrons. The van der Waals surface area contributed by atoms with Crippen LogP contribution in [0, 0.1) is 0 Å². The normalized spacial score (nSPS) is 10.7. The fourth-order valence-electron chi connectivity index (χ4n) is 2.39. The van der Waals surface area contributed by atoms with E-state index >= 15 is 0 Å². The van der Waals surface area contributed by atoms with Gasteiger partial charge in [-0.05, 0) is 12.1 Å². The smallest absolute Gasteiger partial charge is 0.262 e. The van der Waals surface area contributed by atoms with Crippen LogP contribution >= 0.6 is 11.6 Å². The van der Waals surface area contributed by atoms with E-state index in [-0.39, 0.29) is 0 Å². The van der Waals surface area contributed by atoms with Gasteiger partial charge in [0.2, 0.25) is 5.82 Å². The average molecular weight is 335 g/mol. The summed E-state index contributed by atoms with van der Waals surface area (Å²) in [5, 5.41) is 4.68. The Kier molecular flexibility index (Phi) is 3.76. The number of hydrogen-bond donors (Lipinski definition) is 0. The second-order valence-electron chi connectivity index (χ2n) is 5.08. The average Bonchev–Trinajstić information content (AvgIpc) is 3.12. The first-order valence-electron chi connectivity index (χ1n) is 7.27. The number of hydrogen-bond acceptors (Lipinski definition) is 5. The minimum absolute atomic E-state index is 0.365. The molecule has 5 nitrogen and oxygen atoms in total. The van der Waals surface area contributed by atoms with Gasteiger partial charge < -0.3 is 4.52 Å². The van der Waals surface area contributed by atoms with E-state index in [2.05, 4.69) is 20.1 Å². The molecule has 0 bridgehead atoms. The van der Waals surface area contributed by atoms with E-state index in [1.165, 1.54) is 6.33 Å². The lowest BCUT2D eigenvalue weighted by atomic mass is 10.1. The van der Waals surface area contributed by atoms with Crippen molar-refractivity contribution in [1.29, 1.82) is 0 Å². The molecule has 0 aliphatic carbocycles. The zero-order chi connectivity index (χ0) is 16.4. The van der Waals surface area contributed by atoms with E-state index in [0.717, 1.165) is 11.1 Å². The van der Waals surface area contributed by atoms with Gasteiger partial charge in [0.15, 0.2) is 0 Å². The van der Waals surface area contributed by atoms with Crippen molar-refractivity contribution in [3.05, 3.63) is 72.1 Å². The molecule has 0 saturated heterocycles. The van der Waals surface area contributed by atoms with Crippen LogP contribution < -0.4 is 0 Å². The monoisotopic (exact) mass is 334 g/mol. The fraction of sp³-hybridized carbons (Fsp3) is 0. The molecule has 4 aromatic rings. The van der Waals surface area contributed by atoms with Gasteiger partial charge in [0, 0.05) is 22.3 Å². The van der Waals surface area contributed by atoms with Crippen LogP contribution in [0.25, 0.3) is 34.1 Å². The Balaban J connectivity index is 1.80. The molecule has 24 heavy (non-hydrogen) atoms. The summed E-state index contributed by atoms with van der Waals surface area (Å²) in [4.78, 5) is 12.9. The van der Waals surface area contributed by atoms with Gasteiger partial charge in [-0.25, -0.2) is 9.97 Å². The Hall–Kier alpha value is -3.05. The molecular formula is C18H11ClN4O. The lowest BCUT2D eigenvalue weighted by Gasteiger charge is -2.04. The van der Waals surface area contributed by atoms with E-state index in [1.54, 1.807) is 6.20 Å². The molecule has 0 N–H and O–H groups in total. The lowest BCUT2D eigenvalue weighted by Crippen LogP contribution is -1.91. The zero-order valence-corrected chi connectivity index (χ0v) is 13.2. The summed E-state index contributed by atoms with van der Waals surface area (Å²) in [6, 6.07) is 17.1. The van der Waals surface area contributed by atoms with Crippen molar-refractivity contribution in [3.8, 4) is 34.1 Å². The fourth-order valence-corrected chi connectivity index (χ4v) is 2.58. The maximum Gasteiger partial charge on any atom is 0.262 e. The van der Waals surface area contributed by atoms with Gasteiger partial charge in [0.1, 0.15) is 6.33 Å². The number of benzene rings is 2. The topological polar surface area (TPSA) is 64.7 Å². The summed E-state index contributed by atoms with van der Waals surface area (Å²) >= 11 is 6.08. The highest BCUT2D eigenvalue weighted by atomic mass is 35.5. The number of rotatable bonds is 3. The van der Waals surface area contributed by atoms with E-state index in [9.17, 15) is 0 Å². The molecule has 0 amide bonds. The summed E-state index contributed by atoms with van der Waals surface area (Å²) in [6.45, 7) is 0. The van der Waals surface area contributed by atoms with Crippen molar-refractivity contribution in [3.63, 3.8) is 0 Å². The van der Waals surface area contributed by atoms with E-state index in [1.807, 2.05) is 54.6 Å². The third-order valence-corrected chi connectivity index (χ3v) is 3.73. The van der Waals surface area contributed by atoms with Crippen LogP contribution in [0.4, 0.5) is 0 Å². The Labute approximate surface area is 143 Å². The number of aromatic nitrogens is 4. The van der Waals surface area contributed by atoms with Crippen molar-refractivity contribution in [2.45, 2.75) is 0 Å². The lowest BCUT2D eigenvalue weighted by molar-refractivity contribution is 0.432. The van der Waals surface area contributed by atoms with Crippen LogP contribution in [-0.4, -0.2) is 20.1 Å². The van der Waals surface area contributed by atoms with Crippen molar-refractivity contribution >= 4 is 11.6 Å². The van der Waals surface area contributed by atoms with Gasteiger partial charge >= 0.3 is 0 Å². The van der Waals surface area contributed by atoms with Crippen molar-refractivity contribution < 1.29 is 4.52 Å².